The Hall–Kier alpha value is -0.830. The van der Waals surface area contributed by atoms with Crippen LogP contribution in [0.2, 0.25) is 5.15 Å². The average molecular weight is 282 g/mol. The first-order chi connectivity index (χ1) is 8.91. The first-order valence-corrected chi connectivity index (χ1v) is 7.57. The molecule has 2 rings (SSSR count). The van der Waals surface area contributed by atoms with Gasteiger partial charge < -0.3 is 5.32 Å². The lowest BCUT2D eigenvalue weighted by Gasteiger charge is -2.25. The predicted molar refractivity (Wildman–Crippen MR) is 80.9 cm³/mol. The molecular weight excluding hydrogens is 258 g/mol. The fourth-order valence-electron chi connectivity index (χ4n) is 2.64. The Labute approximate surface area is 121 Å². The highest BCUT2D eigenvalue weighted by Crippen LogP contribution is 2.37. The molecule has 1 aliphatic rings. The third-order valence-corrected chi connectivity index (χ3v) is 4.48. The van der Waals surface area contributed by atoms with Gasteiger partial charge in [-0.2, -0.15) is 0 Å². The highest BCUT2D eigenvalue weighted by molar-refractivity contribution is 6.30. The van der Waals surface area contributed by atoms with Crippen LogP contribution in [0.1, 0.15) is 63.8 Å². The van der Waals surface area contributed by atoms with Crippen LogP contribution in [0.3, 0.4) is 0 Å². The van der Waals surface area contributed by atoms with E-state index in [0.717, 1.165) is 23.8 Å². The van der Waals surface area contributed by atoms with Crippen LogP contribution >= 0.6 is 11.6 Å². The first kappa shape index (κ1) is 14.6. The van der Waals surface area contributed by atoms with E-state index < -0.39 is 0 Å². The molecule has 1 aliphatic carbocycles. The number of anilines is 1. The van der Waals surface area contributed by atoms with E-state index in [0.29, 0.717) is 16.5 Å². The number of nitrogens with one attached hydrogen (secondary N) is 1. The van der Waals surface area contributed by atoms with Crippen molar-refractivity contribution in [2.45, 2.75) is 59.3 Å². The lowest BCUT2D eigenvalue weighted by Crippen LogP contribution is -2.24. The van der Waals surface area contributed by atoms with Crippen molar-refractivity contribution in [3.8, 4) is 0 Å². The minimum absolute atomic E-state index is 0.292. The monoisotopic (exact) mass is 281 g/mol. The van der Waals surface area contributed by atoms with Crippen molar-refractivity contribution >= 4 is 17.4 Å². The summed E-state index contributed by atoms with van der Waals surface area (Å²) >= 11 is 6.20. The summed E-state index contributed by atoms with van der Waals surface area (Å²) in [5.41, 5.74) is 1.36. The Bertz CT molecular complexity index is 451. The summed E-state index contributed by atoms with van der Waals surface area (Å²) in [6.07, 6.45) is 5.29. The fourth-order valence-corrected chi connectivity index (χ4v) is 2.81. The second-order valence-corrected chi connectivity index (χ2v) is 6.73. The lowest BCUT2D eigenvalue weighted by molar-refractivity contribution is 0.361. The fraction of sp³-hybridized carbons (Fsp3) is 0.733. The van der Waals surface area contributed by atoms with Crippen molar-refractivity contribution in [1.82, 2.24) is 9.97 Å². The third-order valence-electron chi connectivity index (χ3n) is 4.11. The highest BCUT2D eigenvalue weighted by Gasteiger charge is 2.28. The van der Waals surface area contributed by atoms with Gasteiger partial charge in [-0.05, 0) is 25.2 Å². The number of rotatable bonds is 4. The zero-order valence-electron chi connectivity index (χ0n) is 12.4. The van der Waals surface area contributed by atoms with Crippen molar-refractivity contribution in [3.63, 3.8) is 0 Å². The summed E-state index contributed by atoms with van der Waals surface area (Å²) in [6.45, 7) is 9.48. The summed E-state index contributed by atoms with van der Waals surface area (Å²) < 4.78 is 0. The number of halogens is 1. The van der Waals surface area contributed by atoms with E-state index in [1.807, 2.05) is 6.92 Å². The molecule has 1 aromatic heterocycles. The van der Waals surface area contributed by atoms with E-state index in [4.69, 9.17) is 11.6 Å². The molecule has 0 amide bonds. The normalized spacial score (nSPS) is 18.0. The standard InChI is InChI=1S/C15H24ClN3/c1-10(2)13-18-12(16)11(3)14(19-13)17-9-15(4)7-5-6-8-15/h10H,5-9H2,1-4H3,(H,17,18,19). The van der Waals surface area contributed by atoms with Gasteiger partial charge in [0.25, 0.3) is 0 Å². The molecule has 4 heteroatoms. The number of aromatic nitrogens is 2. The van der Waals surface area contributed by atoms with Gasteiger partial charge in [0.2, 0.25) is 0 Å². The van der Waals surface area contributed by atoms with Gasteiger partial charge in [-0.15, -0.1) is 0 Å². The summed E-state index contributed by atoms with van der Waals surface area (Å²) in [5.74, 6) is 2.01. The van der Waals surface area contributed by atoms with Crippen LogP contribution in [0.4, 0.5) is 5.82 Å². The number of hydrogen-bond acceptors (Lipinski definition) is 3. The first-order valence-electron chi connectivity index (χ1n) is 7.19. The Kier molecular flexibility index (Phi) is 4.34. The summed E-state index contributed by atoms with van der Waals surface area (Å²) in [4.78, 5) is 8.96. The van der Waals surface area contributed by atoms with Crippen molar-refractivity contribution in [2.75, 3.05) is 11.9 Å². The molecule has 0 aliphatic heterocycles. The Morgan fingerprint density at radius 3 is 2.47 bits per heavy atom. The molecular formula is C15H24ClN3. The van der Waals surface area contributed by atoms with Crippen LogP contribution in [-0.2, 0) is 0 Å². The molecule has 0 unspecified atom stereocenters. The van der Waals surface area contributed by atoms with Gasteiger partial charge in [0, 0.05) is 18.0 Å². The average Bonchev–Trinajstić information content (AvgIpc) is 2.78. The molecule has 1 fully saturated rings. The zero-order chi connectivity index (χ0) is 14.0. The van der Waals surface area contributed by atoms with Gasteiger partial charge in [-0.3, -0.25) is 0 Å². The largest absolute Gasteiger partial charge is 0.369 e. The van der Waals surface area contributed by atoms with Gasteiger partial charge in [0.05, 0.1) is 0 Å². The topological polar surface area (TPSA) is 37.8 Å². The van der Waals surface area contributed by atoms with Crippen molar-refractivity contribution < 1.29 is 0 Å². The van der Waals surface area contributed by atoms with Crippen LogP contribution < -0.4 is 5.32 Å². The van der Waals surface area contributed by atoms with Gasteiger partial charge in [0.15, 0.2) is 0 Å². The van der Waals surface area contributed by atoms with Crippen molar-refractivity contribution in [1.29, 1.82) is 0 Å². The van der Waals surface area contributed by atoms with E-state index in [1.165, 1.54) is 25.7 Å². The highest BCUT2D eigenvalue weighted by atomic mass is 35.5. The van der Waals surface area contributed by atoms with E-state index in [1.54, 1.807) is 0 Å². The predicted octanol–water partition coefficient (Wildman–Crippen LogP) is 4.55. The van der Waals surface area contributed by atoms with Crippen LogP contribution in [0.15, 0.2) is 0 Å². The molecule has 1 aromatic rings. The molecule has 0 saturated heterocycles. The Morgan fingerprint density at radius 2 is 1.89 bits per heavy atom. The molecule has 0 atom stereocenters. The second kappa shape index (κ2) is 5.66. The molecule has 0 radical (unpaired) electrons. The van der Waals surface area contributed by atoms with Crippen molar-refractivity contribution in [3.05, 3.63) is 16.5 Å². The van der Waals surface area contributed by atoms with Gasteiger partial charge in [0.1, 0.15) is 16.8 Å². The third kappa shape index (κ3) is 3.38. The quantitative estimate of drug-likeness (QED) is 0.823. The van der Waals surface area contributed by atoms with Crippen LogP contribution in [0.25, 0.3) is 0 Å². The maximum atomic E-state index is 6.20. The van der Waals surface area contributed by atoms with Gasteiger partial charge in [-0.25, -0.2) is 9.97 Å². The molecule has 106 valence electrons. The van der Waals surface area contributed by atoms with Crippen LogP contribution in [0.5, 0.6) is 0 Å². The molecule has 0 spiro atoms. The molecule has 1 saturated carbocycles. The molecule has 1 N–H and O–H groups in total. The van der Waals surface area contributed by atoms with Gasteiger partial charge >= 0.3 is 0 Å². The minimum atomic E-state index is 0.292. The maximum absolute atomic E-state index is 6.20. The van der Waals surface area contributed by atoms with E-state index in [-0.39, 0.29) is 0 Å². The van der Waals surface area contributed by atoms with Gasteiger partial charge in [-0.1, -0.05) is 45.2 Å². The number of nitrogens with zero attached hydrogens (tertiary/aromatic N) is 2. The summed E-state index contributed by atoms with van der Waals surface area (Å²) in [7, 11) is 0. The Morgan fingerprint density at radius 1 is 1.26 bits per heavy atom. The number of hydrogen-bond donors (Lipinski definition) is 1. The molecule has 3 nitrogen and oxygen atoms in total. The summed E-state index contributed by atoms with van der Waals surface area (Å²) in [6, 6.07) is 0. The smallest absolute Gasteiger partial charge is 0.137 e. The lowest BCUT2D eigenvalue weighted by atomic mass is 9.89. The molecule has 0 bridgehead atoms. The SMILES string of the molecule is Cc1c(Cl)nc(C(C)C)nc1NCC1(C)CCCC1. The zero-order valence-corrected chi connectivity index (χ0v) is 13.1. The second-order valence-electron chi connectivity index (χ2n) is 6.37. The molecule has 19 heavy (non-hydrogen) atoms. The molecule has 0 aromatic carbocycles. The van der Waals surface area contributed by atoms with E-state index in [9.17, 15) is 0 Å². The molecule has 1 heterocycles. The van der Waals surface area contributed by atoms with Crippen LogP contribution in [0, 0.1) is 12.3 Å². The van der Waals surface area contributed by atoms with E-state index in [2.05, 4.69) is 36.1 Å². The van der Waals surface area contributed by atoms with Crippen LogP contribution in [-0.4, -0.2) is 16.5 Å². The summed E-state index contributed by atoms with van der Waals surface area (Å²) in [5, 5.41) is 4.06. The Balaban J connectivity index is 2.15. The van der Waals surface area contributed by atoms with Crippen molar-refractivity contribution in [2.24, 2.45) is 5.41 Å². The minimum Gasteiger partial charge on any atom is -0.369 e. The van der Waals surface area contributed by atoms with E-state index >= 15 is 0 Å². The maximum Gasteiger partial charge on any atom is 0.137 e.